The molecule has 2 aliphatic rings. The number of fused-ring (bicyclic) bond motifs is 2. The van der Waals surface area contributed by atoms with Crippen molar-refractivity contribution in [1.82, 2.24) is 4.90 Å². The first-order valence-corrected chi connectivity index (χ1v) is 9.17. The molecule has 0 radical (unpaired) electrons. The van der Waals surface area contributed by atoms with Crippen LogP contribution in [-0.4, -0.2) is 58.2 Å². The Morgan fingerprint density at radius 3 is 2.41 bits per heavy atom. The molecule has 5 nitrogen and oxygen atoms in total. The number of rotatable bonds is 3. The number of hydrogen-bond acceptors (Lipinski definition) is 4. The van der Waals surface area contributed by atoms with Crippen molar-refractivity contribution in [1.29, 1.82) is 0 Å². The van der Waals surface area contributed by atoms with Crippen LogP contribution in [-0.2, 0) is 14.3 Å². The minimum absolute atomic E-state index is 0.0829. The van der Waals surface area contributed by atoms with Gasteiger partial charge in [-0.1, -0.05) is 0 Å². The van der Waals surface area contributed by atoms with E-state index in [-0.39, 0.29) is 49.8 Å². The van der Waals surface area contributed by atoms with Gasteiger partial charge in [0, 0.05) is 0 Å². The van der Waals surface area contributed by atoms with Gasteiger partial charge in [-0.25, -0.2) is 0 Å². The summed E-state index contributed by atoms with van der Waals surface area (Å²) in [6, 6.07) is 10.2. The molecule has 2 saturated heterocycles. The van der Waals surface area contributed by atoms with Gasteiger partial charge in [0.2, 0.25) is 0 Å². The summed E-state index contributed by atoms with van der Waals surface area (Å²) < 4.78 is 11.2. The van der Waals surface area contributed by atoms with Crippen LogP contribution in [0.15, 0.2) is 30.3 Å². The van der Waals surface area contributed by atoms with Gasteiger partial charge in [-0.2, -0.15) is 0 Å². The van der Waals surface area contributed by atoms with E-state index in [4.69, 9.17) is 9.47 Å². The van der Waals surface area contributed by atoms with Gasteiger partial charge in [-0.15, -0.1) is 0 Å². The van der Waals surface area contributed by atoms with Crippen LogP contribution in [0.4, 0.5) is 4.79 Å². The van der Waals surface area contributed by atoms with Crippen molar-refractivity contribution >= 4 is 31.5 Å². The third-order valence-corrected chi connectivity index (χ3v) is 7.48. The Balaban J connectivity index is 1.89. The topological polar surface area (TPSA) is 55.8 Å². The second-order valence-corrected chi connectivity index (χ2v) is 8.16. The molecular weight excluding hydrogens is 349 g/mol. The summed E-state index contributed by atoms with van der Waals surface area (Å²) in [5.74, 6) is -0.438. The van der Waals surface area contributed by atoms with Crippen LogP contribution in [0.2, 0.25) is 4.82 Å². The van der Waals surface area contributed by atoms with Gasteiger partial charge in [-0.05, 0) is 0 Å². The van der Waals surface area contributed by atoms with Crippen LogP contribution in [0.3, 0.4) is 0 Å². The van der Waals surface area contributed by atoms with Gasteiger partial charge in [0.15, 0.2) is 0 Å². The number of nitrogens with zero attached hydrogens (tertiary/aromatic N) is 1. The number of amides is 1. The molecule has 2 fully saturated rings. The van der Waals surface area contributed by atoms with Crippen LogP contribution >= 0.6 is 0 Å². The summed E-state index contributed by atoms with van der Waals surface area (Å²) in [5.41, 5.74) is 0. The third kappa shape index (κ3) is 2.50. The van der Waals surface area contributed by atoms with E-state index in [9.17, 15) is 9.59 Å². The molecule has 1 aromatic carbocycles. The van der Waals surface area contributed by atoms with Crippen LogP contribution in [0.5, 0.6) is 0 Å². The maximum absolute atomic E-state index is 12.3. The predicted octanol–water partition coefficient (Wildman–Crippen LogP) is 1.21. The van der Waals surface area contributed by atoms with Crippen LogP contribution in [0.25, 0.3) is 0 Å². The first kappa shape index (κ1) is 15.4. The van der Waals surface area contributed by atoms with Crippen molar-refractivity contribution in [3.05, 3.63) is 30.3 Å². The van der Waals surface area contributed by atoms with Crippen molar-refractivity contribution in [3.63, 3.8) is 0 Å². The first-order valence-electron chi connectivity index (χ1n) is 7.33. The Kier molecular flexibility index (Phi) is 4.41. The van der Waals surface area contributed by atoms with E-state index in [1.54, 1.807) is 4.90 Å². The molecule has 1 amide bonds. The summed E-state index contributed by atoms with van der Waals surface area (Å²) in [4.78, 5) is 26.3. The van der Waals surface area contributed by atoms with Gasteiger partial charge >= 0.3 is 136 Å². The SMILES string of the molecule is COC(=O)[C@@H]1[C@H]([Se]c2ccccc2)[C@H]2CC[C@@H]1N2C(=O)OC. The normalized spacial score (nSPS) is 29.5. The Morgan fingerprint density at radius 2 is 1.77 bits per heavy atom. The zero-order chi connectivity index (χ0) is 15.7. The van der Waals surface area contributed by atoms with Crippen molar-refractivity contribution in [2.75, 3.05) is 14.2 Å². The maximum atomic E-state index is 12.3. The van der Waals surface area contributed by atoms with E-state index in [1.807, 2.05) is 18.2 Å². The van der Waals surface area contributed by atoms with Crippen LogP contribution in [0, 0.1) is 5.92 Å². The van der Waals surface area contributed by atoms with Crippen molar-refractivity contribution < 1.29 is 19.1 Å². The summed E-state index contributed by atoms with van der Waals surface area (Å²) in [7, 11) is 2.81. The van der Waals surface area contributed by atoms with Crippen molar-refractivity contribution in [2.45, 2.75) is 29.7 Å². The molecule has 0 spiro atoms. The Bertz CT molecular complexity index is 565. The molecule has 118 valence electrons. The van der Waals surface area contributed by atoms with Gasteiger partial charge in [0.05, 0.1) is 0 Å². The second kappa shape index (κ2) is 6.31. The molecular formula is C16H19NO4Se. The first-order chi connectivity index (χ1) is 10.7. The molecule has 2 heterocycles. The number of ether oxygens (including phenoxy) is 2. The number of benzene rings is 1. The van der Waals surface area contributed by atoms with Crippen molar-refractivity contribution in [3.8, 4) is 0 Å². The fourth-order valence-electron chi connectivity index (χ4n) is 3.61. The standard InChI is InChI=1S/C16H19NO4Se/c1-20-15(18)13-11-8-9-12(17(11)16(19)21-2)14(13)22-10-6-4-3-5-7-10/h3-7,11-14H,8-9H2,1-2H3/t11-,12+,13-,14+/m0/s1. The molecule has 0 aromatic heterocycles. The van der Waals surface area contributed by atoms with Gasteiger partial charge in [0.1, 0.15) is 0 Å². The molecule has 22 heavy (non-hydrogen) atoms. The minimum atomic E-state index is -0.326. The second-order valence-electron chi connectivity index (χ2n) is 5.53. The average Bonchev–Trinajstić information content (AvgIpc) is 3.10. The van der Waals surface area contributed by atoms with E-state index in [0.29, 0.717) is 0 Å². The van der Waals surface area contributed by atoms with E-state index in [0.717, 1.165) is 12.8 Å². The van der Waals surface area contributed by atoms with E-state index >= 15 is 0 Å². The van der Waals surface area contributed by atoms with Crippen molar-refractivity contribution in [2.24, 2.45) is 5.92 Å². The Labute approximate surface area is 136 Å². The molecule has 6 heteroatoms. The number of esters is 1. The fourth-order valence-corrected chi connectivity index (χ4v) is 6.74. The molecule has 2 bridgehead atoms. The number of carbonyl (C=O) groups is 2. The zero-order valence-electron chi connectivity index (χ0n) is 12.6. The van der Waals surface area contributed by atoms with Crippen LogP contribution < -0.4 is 4.46 Å². The predicted molar refractivity (Wildman–Crippen MR) is 82.1 cm³/mol. The number of methoxy groups -OCH3 is 2. The van der Waals surface area contributed by atoms with Gasteiger partial charge < -0.3 is 0 Å². The zero-order valence-corrected chi connectivity index (χ0v) is 14.3. The fraction of sp³-hybridized carbons (Fsp3) is 0.500. The van der Waals surface area contributed by atoms with E-state index in [1.165, 1.54) is 18.7 Å². The monoisotopic (exact) mass is 369 g/mol. The summed E-state index contributed by atoms with van der Waals surface area (Å²) in [6.45, 7) is 0. The third-order valence-electron chi connectivity index (χ3n) is 4.49. The molecule has 3 rings (SSSR count). The quantitative estimate of drug-likeness (QED) is 0.595. The van der Waals surface area contributed by atoms with E-state index in [2.05, 4.69) is 12.1 Å². The molecule has 0 unspecified atom stereocenters. The molecule has 0 saturated carbocycles. The average molecular weight is 368 g/mol. The van der Waals surface area contributed by atoms with Gasteiger partial charge in [-0.3, -0.25) is 0 Å². The molecule has 0 N–H and O–H groups in total. The molecule has 0 aliphatic carbocycles. The summed E-state index contributed by atoms with van der Waals surface area (Å²) in [5, 5.41) is 0. The number of carbonyl (C=O) groups excluding carboxylic acids is 2. The summed E-state index contributed by atoms with van der Waals surface area (Å²) >= 11 is 0.117. The molecule has 2 aliphatic heterocycles. The van der Waals surface area contributed by atoms with E-state index < -0.39 is 0 Å². The number of hydrogen-bond donors (Lipinski definition) is 0. The Morgan fingerprint density at radius 1 is 1.09 bits per heavy atom. The summed E-state index contributed by atoms with van der Waals surface area (Å²) in [6.07, 6.45) is 1.46. The molecule has 4 atom stereocenters. The van der Waals surface area contributed by atoms with Crippen LogP contribution in [0.1, 0.15) is 12.8 Å². The van der Waals surface area contributed by atoms with Gasteiger partial charge in [0.25, 0.3) is 0 Å². The Hall–Kier alpha value is -1.52. The molecule has 1 aromatic rings.